The Morgan fingerprint density at radius 3 is 2.55 bits per heavy atom. The number of nitrogens with one attached hydrogen (secondary N) is 1. The molecule has 0 aliphatic heterocycles. The van der Waals surface area contributed by atoms with E-state index >= 15 is 0 Å². The van der Waals surface area contributed by atoms with Crippen molar-refractivity contribution in [3.63, 3.8) is 0 Å². The van der Waals surface area contributed by atoms with Crippen molar-refractivity contribution in [1.82, 2.24) is 0 Å². The van der Waals surface area contributed by atoms with E-state index in [2.05, 4.69) is 43.8 Å². The molecule has 0 aliphatic carbocycles. The average Bonchev–Trinajstić information content (AvgIpc) is 2.41. The molecular weight excluding hydrogens is 451 g/mol. The van der Waals surface area contributed by atoms with E-state index in [1.54, 1.807) is 18.2 Å². The number of carbonyl (C=O) groups excluding carboxylic acids is 1. The molecule has 3 N–H and O–H groups in total. The molecule has 0 fully saturated rings. The minimum absolute atomic E-state index is 0.185. The molecule has 102 valence electrons. The molecule has 6 heteroatoms. The SMILES string of the molecule is NC(=S)c1cc(Br)ccc1NC(=O)c1ccccc1I. The highest BCUT2D eigenvalue weighted by molar-refractivity contribution is 14.1. The highest BCUT2D eigenvalue weighted by Crippen LogP contribution is 2.22. The third kappa shape index (κ3) is 3.56. The van der Waals surface area contributed by atoms with Gasteiger partial charge in [-0.05, 0) is 52.9 Å². The lowest BCUT2D eigenvalue weighted by atomic mass is 10.1. The molecule has 0 unspecified atom stereocenters. The summed E-state index contributed by atoms with van der Waals surface area (Å²) in [4.78, 5) is 12.5. The third-order valence-electron chi connectivity index (χ3n) is 2.61. The van der Waals surface area contributed by atoms with Gasteiger partial charge in [0.05, 0.1) is 11.3 Å². The van der Waals surface area contributed by atoms with Gasteiger partial charge in [-0.2, -0.15) is 0 Å². The van der Waals surface area contributed by atoms with Crippen LogP contribution in [-0.2, 0) is 0 Å². The van der Waals surface area contributed by atoms with Gasteiger partial charge >= 0.3 is 0 Å². The van der Waals surface area contributed by atoms with Crippen molar-refractivity contribution in [2.75, 3.05) is 5.32 Å². The third-order valence-corrected chi connectivity index (χ3v) is 4.27. The fourth-order valence-corrected chi connectivity index (χ4v) is 2.83. The number of hydrogen-bond donors (Lipinski definition) is 2. The Bertz CT molecular complexity index is 691. The van der Waals surface area contributed by atoms with Gasteiger partial charge in [0.15, 0.2) is 0 Å². The normalized spacial score (nSPS) is 10.1. The molecule has 0 aliphatic rings. The Balaban J connectivity index is 2.33. The van der Waals surface area contributed by atoms with E-state index in [4.69, 9.17) is 18.0 Å². The molecule has 0 heterocycles. The molecule has 1 amide bonds. The topological polar surface area (TPSA) is 55.1 Å². The first kappa shape index (κ1) is 15.4. The van der Waals surface area contributed by atoms with Gasteiger partial charge in [-0.1, -0.05) is 40.3 Å². The molecule has 2 aromatic rings. The fourth-order valence-electron chi connectivity index (χ4n) is 1.66. The molecule has 3 nitrogen and oxygen atoms in total. The molecule has 0 spiro atoms. The number of anilines is 1. The zero-order valence-electron chi connectivity index (χ0n) is 10.2. The first-order valence-electron chi connectivity index (χ1n) is 5.64. The van der Waals surface area contributed by atoms with Crippen molar-refractivity contribution in [3.05, 3.63) is 61.6 Å². The standard InChI is InChI=1S/C14H10BrIN2OS/c15-8-5-6-12(10(7-8)13(17)20)18-14(19)9-3-1-2-4-11(9)16/h1-7H,(H2,17,20)(H,18,19). The molecule has 20 heavy (non-hydrogen) atoms. The van der Waals surface area contributed by atoms with Gasteiger partial charge in [0.2, 0.25) is 0 Å². The highest BCUT2D eigenvalue weighted by atomic mass is 127. The second-order valence-electron chi connectivity index (χ2n) is 3.99. The van der Waals surface area contributed by atoms with Crippen LogP contribution in [0, 0.1) is 3.57 Å². The van der Waals surface area contributed by atoms with E-state index < -0.39 is 0 Å². The molecule has 0 atom stereocenters. The van der Waals surface area contributed by atoms with Crippen molar-refractivity contribution >= 4 is 67.3 Å². The second-order valence-corrected chi connectivity index (χ2v) is 6.51. The Morgan fingerprint density at radius 1 is 1.20 bits per heavy atom. The monoisotopic (exact) mass is 460 g/mol. The average molecular weight is 461 g/mol. The maximum absolute atomic E-state index is 12.3. The van der Waals surface area contributed by atoms with Crippen molar-refractivity contribution in [2.45, 2.75) is 0 Å². The van der Waals surface area contributed by atoms with Gasteiger partial charge in [0.25, 0.3) is 5.91 Å². The van der Waals surface area contributed by atoms with Crippen LogP contribution in [0.2, 0.25) is 0 Å². The Kier molecular flexibility index (Phi) is 5.11. The van der Waals surface area contributed by atoms with Crippen molar-refractivity contribution < 1.29 is 4.79 Å². The smallest absolute Gasteiger partial charge is 0.256 e. The Hall–Kier alpha value is -0.990. The second kappa shape index (κ2) is 6.64. The molecule has 0 saturated heterocycles. The summed E-state index contributed by atoms with van der Waals surface area (Å²) in [6.07, 6.45) is 0. The number of benzene rings is 2. The fraction of sp³-hybridized carbons (Fsp3) is 0. The zero-order chi connectivity index (χ0) is 14.7. The summed E-state index contributed by atoms with van der Waals surface area (Å²) < 4.78 is 1.74. The van der Waals surface area contributed by atoms with E-state index in [0.717, 1.165) is 8.04 Å². The zero-order valence-corrected chi connectivity index (χ0v) is 14.8. The summed E-state index contributed by atoms with van der Waals surface area (Å²) in [7, 11) is 0. The number of thiocarbonyl (C=S) groups is 1. The van der Waals surface area contributed by atoms with Crippen molar-refractivity contribution in [1.29, 1.82) is 0 Å². The van der Waals surface area contributed by atoms with Gasteiger partial charge < -0.3 is 11.1 Å². The van der Waals surface area contributed by atoms with Crippen LogP contribution in [0.15, 0.2) is 46.9 Å². The van der Waals surface area contributed by atoms with Crippen LogP contribution in [-0.4, -0.2) is 10.9 Å². The highest BCUT2D eigenvalue weighted by Gasteiger charge is 2.13. The summed E-state index contributed by atoms with van der Waals surface area (Å²) >= 11 is 10.5. The van der Waals surface area contributed by atoms with Crippen LogP contribution in [0.5, 0.6) is 0 Å². The first-order valence-corrected chi connectivity index (χ1v) is 7.92. The lowest BCUT2D eigenvalue weighted by Crippen LogP contribution is -2.18. The maximum Gasteiger partial charge on any atom is 0.256 e. The molecule has 0 saturated carbocycles. The number of rotatable bonds is 3. The van der Waals surface area contributed by atoms with E-state index in [1.165, 1.54) is 0 Å². The van der Waals surface area contributed by atoms with E-state index in [1.807, 2.05) is 24.3 Å². The number of carbonyl (C=O) groups is 1. The van der Waals surface area contributed by atoms with Crippen LogP contribution < -0.4 is 11.1 Å². The lowest BCUT2D eigenvalue weighted by Gasteiger charge is -2.11. The summed E-state index contributed by atoms with van der Waals surface area (Å²) in [6, 6.07) is 12.8. The molecule has 2 rings (SSSR count). The Morgan fingerprint density at radius 2 is 1.90 bits per heavy atom. The van der Waals surface area contributed by atoms with Gasteiger partial charge in [0.1, 0.15) is 4.99 Å². The molecule has 0 aromatic heterocycles. The lowest BCUT2D eigenvalue weighted by molar-refractivity contribution is 0.102. The number of amides is 1. The van der Waals surface area contributed by atoms with Crippen LogP contribution in [0.25, 0.3) is 0 Å². The van der Waals surface area contributed by atoms with Crippen LogP contribution in [0.1, 0.15) is 15.9 Å². The number of halogens is 2. The van der Waals surface area contributed by atoms with Gasteiger partial charge in [-0.3, -0.25) is 4.79 Å². The summed E-state index contributed by atoms with van der Waals surface area (Å²) in [6.45, 7) is 0. The predicted molar refractivity (Wildman–Crippen MR) is 97.1 cm³/mol. The van der Waals surface area contributed by atoms with E-state index in [9.17, 15) is 4.79 Å². The van der Waals surface area contributed by atoms with Crippen molar-refractivity contribution in [2.24, 2.45) is 5.73 Å². The molecule has 0 bridgehead atoms. The van der Waals surface area contributed by atoms with E-state index in [-0.39, 0.29) is 10.9 Å². The minimum Gasteiger partial charge on any atom is -0.389 e. The molecule has 2 aromatic carbocycles. The quantitative estimate of drug-likeness (QED) is 0.538. The van der Waals surface area contributed by atoms with E-state index in [0.29, 0.717) is 16.8 Å². The van der Waals surface area contributed by atoms with Gasteiger partial charge in [-0.25, -0.2) is 0 Å². The van der Waals surface area contributed by atoms with Crippen molar-refractivity contribution in [3.8, 4) is 0 Å². The minimum atomic E-state index is -0.185. The first-order chi connectivity index (χ1) is 9.49. The molecule has 0 radical (unpaired) electrons. The molecular formula is C14H10BrIN2OS. The Labute approximate surface area is 144 Å². The predicted octanol–water partition coefficient (Wildman–Crippen LogP) is 3.94. The van der Waals surface area contributed by atoms with Gasteiger partial charge in [0, 0.05) is 13.6 Å². The summed E-state index contributed by atoms with van der Waals surface area (Å²) in [5.41, 5.74) is 7.54. The van der Waals surface area contributed by atoms with Crippen LogP contribution in [0.3, 0.4) is 0 Å². The number of hydrogen-bond acceptors (Lipinski definition) is 2. The van der Waals surface area contributed by atoms with Crippen LogP contribution >= 0.6 is 50.7 Å². The number of nitrogens with two attached hydrogens (primary N) is 1. The van der Waals surface area contributed by atoms with Crippen LogP contribution in [0.4, 0.5) is 5.69 Å². The summed E-state index contributed by atoms with van der Waals surface area (Å²) in [5.74, 6) is -0.185. The largest absolute Gasteiger partial charge is 0.389 e. The maximum atomic E-state index is 12.3. The summed E-state index contributed by atoms with van der Waals surface area (Å²) in [5, 5.41) is 2.84. The van der Waals surface area contributed by atoms with Gasteiger partial charge in [-0.15, -0.1) is 0 Å².